The lowest BCUT2D eigenvalue weighted by atomic mass is 10.1. The Bertz CT molecular complexity index is 1080. The summed E-state index contributed by atoms with van der Waals surface area (Å²) in [6.45, 7) is 1.86. The van der Waals surface area contributed by atoms with Gasteiger partial charge in [0.25, 0.3) is 0 Å². The summed E-state index contributed by atoms with van der Waals surface area (Å²) in [5.41, 5.74) is 2.43. The van der Waals surface area contributed by atoms with E-state index in [4.69, 9.17) is 0 Å². The van der Waals surface area contributed by atoms with Crippen LogP contribution in [0.1, 0.15) is 22.8 Å². The van der Waals surface area contributed by atoms with Crippen LogP contribution in [0.4, 0.5) is 13.2 Å². The predicted molar refractivity (Wildman–Crippen MR) is 86.0 cm³/mol. The molecule has 0 bridgehead atoms. The van der Waals surface area contributed by atoms with E-state index in [1.54, 1.807) is 6.20 Å². The molecule has 0 atom stereocenters. The maximum Gasteiger partial charge on any atom is 0.416 e. The first-order valence-corrected chi connectivity index (χ1v) is 7.52. The van der Waals surface area contributed by atoms with Crippen LogP contribution in [0.15, 0.2) is 36.8 Å². The van der Waals surface area contributed by atoms with Crippen molar-refractivity contribution >= 4 is 21.9 Å². The molecule has 0 spiro atoms. The first-order chi connectivity index (χ1) is 11.9. The molecule has 3 aromatic heterocycles. The fraction of sp³-hybridized carbons (Fsp3) is 0.176. The van der Waals surface area contributed by atoms with Crippen molar-refractivity contribution in [1.29, 1.82) is 0 Å². The van der Waals surface area contributed by atoms with E-state index >= 15 is 0 Å². The van der Waals surface area contributed by atoms with Crippen LogP contribution in [0.2, 0.25) is 0 Å². The second-order valence-electron chi connectivity index (χ2n) is 5.76. The quantitative estimate of drug-likeness (QED) is 0.601. The van der Waals surface area contributed by atoms with Gasteiger partial charge in [-0.15, -0.1) is 0 Å². The lowest BCUT2D eigenvalue weighted by molar-refractivity contribution is -0.137. The summed E-state index contributed by atoms with van der Waals surface area (Å²) in [5, 5.41) is 0.369. The molecule has 0 aliphatic heterocycles. The minimum absolute atomic E-state index is 0.369. The van der Waals surface area contributed by atoms with Crippen LogP contribution in [-0.2, 0) is 12.6 Å². The van der Waals surface area contributed by atoms with E-state index in [0.717, 1.165) is 23.5 Å². The minimum Gasteiger partial charge on any atom is -0.340 e. The normalized spacial score (nSPS) is 12.2. The van der Waals surface area contributed by atoms with Crippen molar-refractivity contribution < 1.29 is 13.2 Å². The molecule has 0 aliphatic carbocycles. The molecule has 0 amide bonds. The van der Waals surface area contributed by atoms with Crippen LogP contribution in [0.5, 0.6) is 0 Å². The molecule has 0 fully saturated rings. The van der Waals surface area contributed by atoms with Gasteiger partial charge in [-0.2, -0.15) is 13.2 Å². The van der Waals surface area contributed by atoms with Gasteiger partial charge in [0.1, 0.15) is 12.2 Å². The van der Waals surface area contributed by atoms with Crippen LogP contribution in [0.3, 0.4) is 0 Å². The van der Waals surface area contributed by atoms with E-state index in [0.29, 0.717) is 34.2 Å². The van der Waals surface area contributed by atoms with Crippen molar-refractivity contribution in [2.24, 2.45) is 0 Å². The van der Waals surface area contributed by atoms with E-state index in [-0.39, 0.29) is 0 Å². The first kappa shape index (κ1) is 15.5. The van der Waals surface area contributed by atoms with Gasteiger partial charge in [-0.1, -0.05) is 0 Å². The summed E-state index contributed by atoms with van der Waals surface area (Å²) < 4.78 is 39.0. The average Bonchev–Trinajstić information content (AvgIpc) is 2.96. The third-order valence-electron chi connectivity index (χ3n) is 3.90. The Labute approximate surface area is 140 Å². The highest BCUT2D eigenvalue weighted by Gasteiger charge is 2.30. The van der Waals surface area contributed by atoms with Crippen molar-refractivity contribution in [2.45, 2.75) is 19.5 Å². The molecule has 8 heteroatoms. The lowest BCUT2D eigenvalue weighted by Crippen LogP contribution is -2.04. The van der Waals surface area contributed by atoms with Gasteiger partial charge >= 0.3 is 6.18 Å². The molecule has 0 saturated carbocycles. The van der Waals surface area contributed by atoms with Crippen LogP contribution in [-0.4, -0.2) is 24.9 Å². The molecular weight excluding hydrogens is 331 g/mol. The molecule has 1 aromatic carbocycles. The zero-order valence-electron chi connectivity index (χ0n) is 13.1. The number of nitrogens with zero attached hydrogens (tertiary/aromatic N) is 4. The molecular formula is C17H12F3N5. The summed E-state index contributed by atoms with van der Waals surface area (Å²) >= 11 is 0. The molecule has 0 unspecified atom stereocenters. The van der Waals surface area contributed by atoms with Crippen LogP contribution >= 0.6 is 0 Å². The van der Waals surface area contributed by atoms with E-state index < -0.39 is 11.7 Å². The van der Waals surface area contributed by atoms with Gasteiger partial charge in [-0.3, -0.25) is 4.98 Å². The van der Waals surface area contributed by atoms with Gasteiger partial charge < -0.3 is 4.98 Å². The van der Waals surface area contributed by atoms with E-state index in [1.807, 2.05) is 13.0 Å². The number of halogens is 3. The van der Waals surface area contributed by atoms with Crippen LogP contribution < -0.4 is 0 Å². The number of rotatable bonds is 2. The zero-order valence-corrected chi connectivity index (χ0v) is 13.1. The summed E-state index contributed by atoms with van der Waals surface area (Å²) in [7, 11) is 0. The lowest BCUT2D eigenvalue weighted by Gasteiger charge is -2.07. The minimum atomic E-state index is -4.41. The second kappa shape index (κ2) is 5.51. The Balaban J connectivity index is 1.83. The molecule has 1 N–H and O–H groups in total. The molecule has 0 aliphatic rings. The molecule has 25 heavy (non-hydrogen) atoms. The Morgan fingerprint density at radius 2 is 1.92 bits per heavy atom. The second-order valence-corrected chi connectivity index (χ2v) is 5.76. The SMILES string of the molecule is Cc1cc(Cc2nc3c(cnc4ccc(C(F)(F)F)cc43)[nH]2)ncn1. The highest BCUT2D eigenvalue weighted by Crippen LogP contribution is 2.32. The Morgan fingerprint density at radius 3 is 2.68 bits per heavy atom. The van der Waals surface area contributed by atoms with Crippen molar-refractivity contribution in [2.75, 3.05) is 0 Å². The van der Waals surface area contributed by atoms with E-state index in [9.17, 15) is 13.2 Å². The fourth-order valence-corrected chi connectivity index (χ4v) is 2.75. The largest absolute Gasteiger partial charge is 0.416 e. The van der Waals surface area contributed by atoms with Gasteiger partial charge in [0.15, 0.2) is 0 Å². The first-order valence-electron chi connectivity index (χ1n) is 7.52. The summed E-state index contributed by atoms with van der Waals surface area (Å²) in [6.07, 6.45) is -0.932. The van der Waals surface area contributed by atoms with Gasteiger partial charge in [-0.25, -0.2) is 15.0 Å². The van der Waals surface area contributed by atoms with Crippen molar-refractivity contribution in [1.82, 2.24) is 24.9 Å². The van der Waals surface area contributed by atoms with Crippen molar-refractivity contribution in [3.05, 3.63) is 59.6 Å². The number of aryl methyl sites for hydroxylation is 1. The molecule has 0 saturated heterocycles. The number of nitrogens with one attached hydrogen (secondary N) is 1. The third-order valence-corrected chi connectivity index (χ3v) is 3.90. The number of fused-ring (bicyclic) bond motifs is 3. The summed E-state index contributed by atoms with van der Waals surface area (Å²) in [5.74, 6) is 0.611. The number of hydrogen-bond acceptors (Lipinski definition) is 4. The molecule has 126 valence electrons. The summed E-state index contributed by atoms with van der Waals surface area (Å²) in [6, 6.07) is 5.31. The Hall–Kier alpha value is -3.03. The Morgan fingerprint density at radius 1 is 1.08 bits per heavy atom. The highest BCUT2D eigenvalue weighted by molar-refractivity contribution is 6.02. The number of alkyl halides is 3. The molecule has 3 heterocycles. The smallest absolute Gasteiger partial charge is 0.340 e. The van der Waals surface area contributed by atoms with Gasteiger partial charge in [0.2, 0.25) is 0 Å². The Kier molecular flexibility index (Phi) is 3.41. The van der Waals surface area contributed by atoms with E-state index in [1.165, 1.54) is 12.4 Å². The predicted octanol–water partition coefficient (Wildman–Crippen LogP) is 3.82. The molecule has 0 radical (unpaired) electrons. The fourth-order valence-electron chi connectivity index (χ4n) is 2.75. The number of H-pyrrole nitrogens is 1. The van der Waals surface area contributed by atoms with Crippen LogP contribution in [0.25, 0.3) is 21.9 Å². The number of imidazole rings is 1. The molecule has 4 rings (SSSR count). The number of aromatic amines is 1. The number of aromatic nitrogens is 5. The zero-order chi connectivity index (χ0) is 17.6. The molecule has 5 nitrogen and oxygen atoms in total. The van der Waals surface area contributed by atoms with E-state index in [2.05, 4.69) is 24.9 Å². The monoisotopic (exact) mass is 343 g/mol. The maximum atomic E-state index is 13.0. The van der Waals surface area contributed by atoms with Crippen molar-refractivity contribution in [3.8, 4) is 0 Å². The van der Waals surface area contributed by atoms with Crippen molar-refractivity contribution in [3.63, 3.8) is 0 Å². The topological polar surface area (TPSA) is 67.3 Å². The van der Waals surface area contributed by atoms with Gasteiger partial charge in [0, 0.05) is 17.5 Å². The van der Waals surface area contributed by atoms with Crippen LogP contribution in [0, 0.1) is 6.92 Å². The summed E-state index contributed by atoms with van der Waals surface area (Å²) in [4.78, 5) is 20.0. The third kappa shape index (κ3) is 2.90. The number of hydrogen-bond donors (Lipinski definition) is 1. The van der Waals surface area contributed by atoms with Gasteiger partial charge in [-0.05, 0) is 31.2 Å². The maximum absolute atomic E-state index is 13.0. The highest BCUT2D eigenvalue weighted by atomic mass is 19.4. The van der Waals surface area contributed by atoms with Gasteiger partial charge in [0.05, 0.1) is 34.0 Å². The number of pyridine rings is 1. The number of benzene rings is 1. The molecule has 4 aromatic rings. The standard InChI is InChI=1S/C17H12F3N5/c1-9-4-11(23-8-22-9)6-15-24-14-7-21-13-3-2-10(17(18,19)20)5-12(13)16(14)25-15/h2-5,7-8H,6H2,1H3,(H,24,25). The average molecular weight is 343 g/mol.